The molecule has 1 amide bonds. The lowest BCUT2D eigenvalue weighted by molar-refractivity contribution is -0.162. The predicted molar refractivity (Wildman–Crippen MR) is 139 cm³/mol. The molecule has 0 aliphatic carbocycles. The molecule has 0 spiro atoms. The van der Waals surface area contributed by atoms with Crippen LogP contribution in [0.4, 0.5) is 9.18 Å². The van der Waals surface area contributed by atoms with Gasteiger partial charge in [0, 0.05) is 6.42 Å². The number of nitrogens with one attached hydrogen (secondary N) is 1. The molecule has 1 aromatic carbocycles. The van der Waals surface area contributed by atoms with Crippen LogP contribution < -0.4 is 10.1 Å². The summed E-state index contributed by atoms with van der Waals surface area (Å²) in [6.07, 6.45) is -0.299. The first-order valence-electron chi connectivity index (χ1n) is 12.6. The van der Waals surface area contributed by atoms with Gasteiger partial charge >= 0.3 is 18.0 Å². The van der Waals surface area contributed by atoms with E-state index in [9.17, 15) is 18.8 Å². The van der Waals surface area contributed by atoms with Crippen LogP contribution in [0.25, 0.3) is 0 Å². The standard InChI is InChI=1S/C28H44FNO7/c1-26(2,3)35-23(31)20(17-19-11-13-21(14-12-19)34-16-10-15-29)18-22(24(32)36-27(4,5)6)30-25(33)37-28(7,8)9/h11-14,20,22H,10,15-18H2,1-9H3,(H,30,33)/t20?,22-/m0/s1. The van der Waals surface area contributed by atoms with E-state index >= 15 is 0 Å². The first-order chi connectivity index (χ1) is 16.9. The summed E-state index contributed by atoms with van der Waals surface area (Å²) in [4.78, 5) is 38.8. The zero-order chi connectivity index (χ0) is 28.4. The number of rotatable bonds is 11. The van der Waals surface area contributed by atoms with Crippen molar-refractivity contribution in [2.75, 3.05) is 13.3 Å². The Hall–Kier alpha value is -2.84. The van der Waals surface area contributed by atoms with Crippen molar-refractivity contribution in [3.8, 4) is 5.75 Å². The quantitative estimate of drug-likeness (QED) is 0.230. The average Bonchev–Trinajstić information content (AvgIpc) is 2.70. The highest BCUT2D eigenvalue weighted by Crippen LogP contribution is 2.23. The third-order valence-electron chi connectivity index (χ3n) is 4.59. The van der Waals surface area contributed by atoms with E-state index in [-0.39, 0.29) is 19.4 Å². The zero-order valence-corrected chi connectivity index (χ0v) is 23.7. The smallest absolute Gasteiger partial charge is 0.408 e. The van der Waals surface area contributed by atoms with Crippen molar-refractivity contribution in [3.63, 3.8) is 0 Å². The lowest BCUT2D eigenvalue weighted by Crippen LogP contribution is -2.48. The molecule has 0 saturated heterocycles. The van der Waals surface area contributed by atoms with Crippen molar-refractivity contribution in [2.45, 2.75) is 104 Å². The second-order valence-corrected chi connectivity index (χ2v) is 11.9. The van der Waals surface area contributed by atoms with Crippen LogP contribution in [0, 0.1) is 5.92 Å². The molecule has 0 heterocycles. The van der Waals surface area contributed by atoms with E-state index in [1.807, 2.05) is 0 Å². The van der Waals surface area contributed by atoms with E-state index < -0.39 is 53.5 Å². The molecule has 0 bridgehead atoms. The number of esters is 2. The molecule has 2 atom stereocenters. The number of hydrogen-bond donors (Lipinski definition) is 1. The molecule has 0 aliphatic rings. The minimum atomic E-state index is -1.14. The molecule has 1 aromatic rings. The Balaban J connectivity index is 3.19. The average molecular weight is 526 g/mol. The Morgan fingerprint density at radius 2 is 1.32 bits per heavy atom. The number of halogens is 1. The zero-order valence-electron chi connectivity index (χ0n) is 23.7. The maximum absolute atomic E-state index is 13.2. The summed E-state index contributed by atoms with van der Waals surface area (Å²) in [6.45, 7) is 15.4. The number of carbonyl (C=O) groups excluding carboxylic acids is 3. The van der Waals surface area contributed by atoms with Crippen LogP contribution in [0.1, 0.15) is 80.7 Å². The van der Waals surface area contributed by atoms with E-state index in [2.05, 4.69) is 5.32 Å². The number of hydrogen-bond acceptors (Lipinski definition) is 7. The van der Waals surface area contributed by atoms with Crippen LogP contribution in [0.3, 0.4) is 0 Å². The first-order valence-corrected chi connectivity index (χ1v) is 12.6. The van der Waals surface area contributed by atoms with E-state index in [4.69, 9.17) is 18.9 Å². The minimum Gasteiger partial charge on any atom is -0.494 e. The second-order valence-electron chi connectivity index (χ2n) is 11.9. The number of carbonyl (C=O) groups is 3. The Kier molecular flexibility index (Phi) is 11.9. The lowest BCUT2D eigenvalue weighted by atomic mass is 9.92. The normalized spacial score (nSPS) is 13.8. The Morgan fingerprint density at radius 1 is 0.811 bits per heavy atom. The summed E-state index contributed by atoms with van der Waals surface area (Å²) in [7, 11) is 0. The molecule has 8 nitrogen and oxygen atoms in total. The summed E-state index contributed by atoms with van der Waals surface area (Å²) in [5.41, 5.74) is -1.52. The molecule has 1 N–H and O–H groups in total. The molecule has 37 heavy (non-hydrogen) atoms. The highest BCUT2D eigenvalue weighted by Gasteiger charge is 2.35. The monoisotopic (exact) mass is 525 g/mol. The van der Waals surface area contributed by atoms with Gasteiger partial charge in [-0.25, -0.2) is 9.59 Å². The number of benzene rings is 1. The summed E-state index contributed by atoms with van der Waals surface area (Å²) in [5, 5.41) is 2.57. The Morgan fingerprint density at radius 3 is 1.81 bits per heavy atom. The van der Waals surface area contributed by atoms with E-state index in [0.29, 0.717) is 12.2 Å². The van der Waals surface area contributed by atoms with E-state index in [1.165, 1.54) is 0 Å². The van der Waals surface area contributed by atoms with Crippen LogP contribution >= 0.6 is 0 Å². The molecule has 210 valence electrons. The molecular formula is C28H44FNO7. The molecule has 1 unspecified atom stereocenters. The van der Waals surface area contributed by atoms with Crippen LogP contribution in [0.15, 0.2) is 24.3 Å². The van der Waals surface area contributed by atoms with Gasteiger partial charge in [-0.3, -0.25) is 9.18 Å². The topological polar surface area (TPSA) is 100 Å². The van der Waals surface area contributed by atoms with Crippen LogP contribution in [0.5, 0.6) is 5.75 Å². The highest BCUT2D eigenvalue weighted by atomic mass is 19.1. The van der Waals surface area contributed by atoms with E-state index in [0.717, 1.165) is 5.56 Å². The van der Waals surface area contributed by atoms with Gasteiger partial charge in [-0.05, 0) is 92.9 Å². The van der Waals surface area contributed by atoms with Gasteiger partial charge in [0.05, 0.1) is 19.2 Å². The van der Waals surface area contributed by atoms with Crippen molar-refractivity contribution < 1.29 is 37.7 Å². The Labute approximate surface area is 220 Å². The van der Waals surface area contributed by atoms with Gasteiger partial charge in [0.1, 0.15) is 28.6 Å². The number of amides is 1. The van der Waals surface area contributed by atoms with Gasteiger partial charge in [-0.15, -0.1) is 0 Å². The number of ether oxygens (including phenoxy) is 4. The summed E-state index contributed by atoms with van der Waals surface area (Å²) >= 11 is 0. The van der Waals surface area contributed by atoms with Gasteiger partial charge in [-0.1, -0.05) is 12.1 Å². The highest BCUT2D eigenvalue weighted by molar-refractivity contribution is 5.83. The molecular weight excluding hydrogens is 481 g/mol. The fraction of sp³-hybridized carbons (Fsp3) is 0.679. The molecule has 0 saturated carbocycles. The molecule has 9 heteroatoms. The maximum atomic E-state index is 13.2. The van der Waals surface area contributed by atoms with Gasteiger partial charge in [0.25, 0.3) is 0 Å². The van der Waals surface area contributed by atoms with Gasteiger partial charge in [-0.2, -0.15) is 0 Å². The number of alkyl carbamates (subject to hydrolysis) is 1. The van der Waals surface area contributed by atoms with Crippen molar-refractivity contribution in [2.24, 2.45) is 5.92 Å². The van der Waals surface area contributed by atoms with Crippen molar-refractivity contribution in [3.05, 3.63) is 29.8 Å². The molecule has 0 aliphatic heterocycles. The molecule has 1 rings (SSSR count). The fourth-order valence-electron chi connectivity index (χ4n) is 3.22. The SMILES string of the molecule is CC(C)(C)OC(=O)N[C@@H](CC(Cc1ccc(OCCCF)cc1)C(=O)OC(C)(C)C)C(=O)OC(C)(C)C. The first kappa shape index (κ1) is 32.2. The summed E-state index contributed by atoms with van der Waals surface area (Å²) < 4.78 is 34.3. The van der Waals surface area contributed by atoms with Crippen LogP contribution in [0.2, 0.25) is 0 Å². The largest absolute Gasteiger partial charge is 0.494 e. The maximum Gasteiger partial charge on any atom is 0.408 e. The second kappa shape index (κ2) is 13.6. The van der Waals surface area contributed by atoms with E-state index in [1.54, 1.807) is 86.6 Å². The minimum absolute atomic E-state index is 0.0577. The molecule has 0 aromatic heterocycles. The van der Waals surface area contributed by atoms with Gasteiger partial charge in [0.15, 0.2) is 0 Å². The predicted octanol–water partition coefficient (Wildman–Crippen LogP) is 5.55. The van der Waals surface area contributed by atoms with Crippen LogP contribution in [-0.4, -0.2) is 54.2 Å². The number of alkyl halides is 1. The lowest BCUT2D eigenvalue weighted by Gasteiger charge is -2.29. The fourth-order valence-corrected chi connectivity index (χ4v) is 3.22. The third-order valence-corrected chi connectivity index (χ3v) is 4.59. The third kappa shape index (κ3) is 14.5. The van der Waals surface area contributed by atoms with Crippen molar-refractivity contribution in [1.29, 1.82) is 0 Å². The summed E-state index contributed by atoms with van der Waals surface area (Å²) in [6, 6.07) is 5.93. The molecule has 0 radical (unpaired) electrons. The molecule has 0 fully saturated rings. The van der Waals surface area contributed by atoms with Gasteiger partial charge in [0.2, 0.25) is 0 Å². The summed E-state index contributed by atoms with van der Waals surface area (Å²) in [5.74, 6) is -1.37. The Bertz CT molecular complexity index is 880. The van der Waals surface area contributed by atoms with Crippen LogP contribution in [-0.2, 0) is 30.2 Å². The van der Waals surface area contributed by atoms with Crippen molar-refractivity contribution >= 4 is 18.0 Å². The van der Waals surface area contributed by atoms with Crippen molar-refractivity contribution in [1.82, 2.24) is 5.32 Å². The van der Waals surface area contributed by atoms with Gasteiger partial charge < -0.3 is 24.3 Å².